The van der Waals surface area contributed by atoms with E-state index in [0.29, 0.717) is 5.52 Å². The number of aliphatic carboxylic acids is 1. The number of nitro groups is 1. The van der Waals surface area contributed by atoms with E-state index >= 15 is 0 Å². The van der Waals surface area contributed by atoms with Crippen molar-refractivity contribution in [3.05, 3.63) is 82.4 Å². The van der Waals surface area contributed by atoms with E-state index in [0.717, 1.165) is 30.6 Å². The molecule has 0 aliphatic rings. The van der Waals surface area contributed by atoms with Crippen molar-refractivity contribution in [1.82, 2.24) is 4.98 Å². The topological polar surface area (TPSA) is 119 Å². The highest BCUT2D eigenvalue weighted by atomic mass is 32.2. The van der Waals surface area contributed by atoms with Crippen molar-refractivity contribution in [1.29, 1.82) is 0 Å². The van der Waals surface area contributed by atoms with E-state index in [2.05, 4.69) is 4.98 Å². The van der Waals surface area contributed by atoms with Crippen LogP contribution in [-0.4, -0.2) is 27.0 Å². The molecule has 31 heavy (non-hydrogen) atoms. The van der Waals surface area contributed by atoms with Gasteiger partial charge in [-0.1, -0.05) is 48.2 Å². The summed E-state index contributed by atoms with van der Waals surface area (Å²) in [4.78, 5) is 27.1. The van der Waals surface area contributed by atoms with Crippen LogP contribution in [0.1, 0.15) is 5.56 Å². The number of nitrogens with zero attached hydrogens (tertiary/aromatic N) is 2. The number of thiazole rings is 1. The molecule has 156 valence electrons. The summed E-state index contributed by atoms with van der Waals surface area (Å²) >= 11 is 2.98. The number of rotatable bonds is 7. The molecule has 0 amide bonds. The molecule has 0 saturated carbocycles. The lowest BCUT2D eigenvalue weighted by molar-refractivity contribution is -0.384. The molecule has 0 fully saturated rings. The molecule has 9 heteroatoms. The zero-order valence-electron chi connectivity index (χ0n) is 16.1. The maximum atomic E-state index is 11.0. The molecule has 1 heterocycles. The number of carbonyl (C=O) groups is 1. The Morgan fingerprint density at radius 1 is 1.13 bits per heavy atom. The molecule has 3 aromatic carbocycles. The molecule has 7 nitrogen and oxygen atoms in total. The molecule has 4 aromatic rings. The molecule has 0 radical (unpaired) electrons. The fraction of sp³-hybridized carbons (Fsp3) is 0.0909. The van der Waals surface area contributed by atoms with Crippen LogP contribution in [-0.2, 0) is 11.2 Å². The van der Waals surface area contributed by atoms with E-state index in [9.17, 15) is 14.9 Å². The van der Waals surface area contributed by atoms with Gasteiger partial charge in [-0.25, -0.2) is 4.98 Å². The number of nitro benzene ring substituents is 1. The predicted octanol–water partition coefficient (Wildman–Crippen LogP) is 4.98. The Hall–Kier alpha value is -3.27. The Morgan fingerprint density at radius 3 is 2.61 bits per heavy atom. The Bertz CT molecular complexity index is 1290. The number of hydrogen-bond acceptors (Lipinski definition) is 7. The molecule has 1 aromatic heterocycles. The van der Waals surface area contributed by atoms with Crippen molar-refractivity contribution < 1.29 is 14.8 Å². The minimum absolute atomic E-state index is 0.0267. The molecular weight excluding hydrogens is 434 g/mol. The van der Waals surface area contributed by atoms with Crippen LogP contribution in [0.2, 0.25) is 0 Å². The van der Waals surface area contributed by atoms with Crippen molar-refractivity contribution in [3.8, 4) is 11.1 Å². The summed E-state index contributed by atoms with van der Waals surface area (Å²) in [5.74, 6) is -1.02. The molecule has 0 spiro atoms. The van der Waals surface area contributed by atoms with Gasteiger partial charge in [0.05, 0.1) is 15.1 Å². The average Bonchev–Trinajstić information content (AvgIpc) is 3.15. The van der Waals surface area contributed by atoms with E-state index in [1.165, 1.54) is 35.2 Å². The van der Waals surface area contributed by atoms with E-state index in [1.54, 1.807) is 6.07 Å². The third-order valence-electron chi connectivity index (χ3n) is 4.63. The second-order valence-electron chi connectivity index (χ2n) is 6.87. The van der Waals surface area contributed by atoms with Gasteiger partial charge in [0.2, 0.25) is 0 Å². The largest absolute Gasteiger partial charge is 0.480 e. The second kappa shape index (κ2) is 8.84. The molecule has 4 rings (SSSR count). The minimum Gasteiger partial charge on any atom is -0.480 e. The fourth-order valence-electron chi connectivity index (χ4n) is 3.11. The van der Waals surface area contributed by atoms with Crippen LogP contribution in [0.4, 0.5) is 5.69 Å². The van der Waals surface area contributed by atoms with Gasteiger partial charge in [0.25, 0.3) is 5.69 Å². The summed E-state index contributed by atoms with van der Waals surface area (Å²) in [5.41, 5.74) is 9.12. The summed E-state index contributed by atoms with van der Waals surface area (Å²) in [6.07, 6.45) is 0.259. The summed E-state index contributed by atoms with van der Waals surface area (Å²) in [6, 6.07) is 19.4. The first-order valence-electron chi connectivity index (χ1n) is 9.29. The van der Waals surface area contributed by atoms with Gasteiger partial charge in [-0.3, -0.25) is 14.9 Å². The smallest absolute Gasteiger partial charge is 0.320 e. The summed E-state index contributed by atoms with van der Waals surface area (Å²) < 4.78 is 1.69. The van der Waals surface area contributed by atoms with Crippen molar-refractivity contribution in [2.45, 2.75) is 21.7 Å². The van der Waals surface area contributed by atoms with Crippen LogP contribution in [0.5, 0.6) is 0 Å². The standard InChI is InChI=1S/C22H17N3O4S2/c23-18(21(26)27)10-13-3-1-4-14(9-13)15-5-2-6-17(11-15)30-22-24-19-12-16(25(28)29)7-8-20(19)31-22/h1-9,11-12,18H,10,23H2,(H,26,27). The number of carboxylic acid groups (broad SMARTS) is 1. The van der Waals surface area contributed by atoms with Crippen LogP contribution < -0.4 is 5.73 Å². The van der Waals surface area contributed by atoms with Gasteiger partial charge < -0.3 is 10.8 Å². The molecule has 1 unspecified atom stereocenters. The van der Waals surface area contributed by atoms with Crippen LogP contribution in [0, 0.1) is 10.1 Å². The fourth-order valence-corrected chi connectivity index (χ4v) is 5.19. The average molecular weight is 452 g/mol. The first-order chi connectivity index (χ1) is 14.9. The number of fused-ring (bicyclic) bond motifs is 1. The molecule has 0 aliphatic heterocycles. The molecule has 0 saturated heterocycles. The van der Waals surface area contributed by atoms with E-state index < -0.39 is 16.9 Å². The summed E-state index contributed by atoms with van der Waals surface area (Å²) in [7, 11) is 0. The lowest BCUT2D eigenvalue weighted by Gasteiger charge is -2.09. The van der Waals surface area contributed by atoms with Crippen LogP contribution in [0.25, 0.3) is 21.3 Å². The number of aromatic nitrogens is 1. The summed E-state index contributed by atoms with van der Waals surface area (Å²) in [5, 5.41) is 20.0. The van der Waals surface area contributed by atoms with Crippen LogP contribution >= 0.6 is 23.1 Å². The van der Waals surface area contributed by atoms with Crippen LogP contribution in [0.15, 0.2) is 76.0 Å². The van der Waals surface area contributed by atoms with Gasteiger partial charge >= 0.3 is 5.97 Å². The Balaban J connectivity index is 1.57. The molecule has 0 aliphatic carbocycles. The lowest BCUT2D eigenvalue weighted by atomic mass is 10.00. The van der Waals surface area contributed by atoms with E-state index in [4.69, 9.17) is 10.8 Å². The number of hydrogen-bond donors (Lipinski definition) is 2. The van der Waals surface area contributed by atoms with Gasteiger partial charge in [-0.05, 0) is 41.3 Å². The highest BCUT2D eigenvalue weighted by molar-refractivity contribution is 8.01. The molecular formula is C22H17N3O4S2. The second-order valence-corrected chi connectivity index (χ2v) is 9.22. The SMILES string of the molecule is NC(Cc1cccc(-c2cccc(Sc3nc4cc([N+](=O)[O-])ccc4s3)c2)c1)C(=O)O. The molecule has 0 bridgehead atoms. The van der Waals surface area contributed by atoms with Gasteiger partial charge in [0.1, 0.15) is 6.04 Å². The van der Waals surface area contributed by atoms with E-state index in [1.807, 2.05) is 48.5 Å². The predicted molar refractivity (Wildman–Crippen MR) is 122 cm³/mol. The first kappa shape index (κ1) is 21.0. The van der Waals surface area contributed by atoms with Gasteiger partial charge in [0.15, 0.2) is 4.34 Å². The van der Waals surface area contributed by atoms with Crippen molar-refractivity contribution in [2.24, 2.45) is 5.73 Å². The number of non-ortho nitro benzene ring substituents is 1. The monoisotopic (exact) mass is 451 g/mol. The minimum atomic E-state index is -1.02. The maximum absolute atomic E-state index is 11.0. The van der Waals surface area contributed by atoms with Crippen molar-refractivity contribution >= 4 is 45.0 Å². The highest BCUT2D eigenvalue weighted by Crippen LogP contribution is 2.36. The Labute approximate surface area is 185 Å². The van der Waals surface area contributed by atoms with E-state index in [-0.39, 0.29) is 12.1 Å². The quantitative estimate of drug-likeness (QED) is 0.300. The Kier molecular flexibility index (Phi) is 5.99. The third-order valence-corrected chi connectivity index (χ3v) is 6.72. The molecule has 3 N–H and O–H groups in total. The number of benzene rings is 3. The highest BCUT2D eigenvalue weighted by Gasteiger charge is 2.13. The van der Waals surface area contributed by atoms with Gasteiger partial charge in [-0.2, -0.15) is 0 Å². The third kappa shape index (κ3) is 4.91. The van der Waals surface area contributed by atoms with Gasteiger partial charge in [0, 0.05) is 17.0 Å². The number of carboxylic acids is 1. The zero-order valence-corrected chi connectivity index (χ0v) is 17.7. The zero-order chi connectivity index (χ0) is 22.0. The van der Waals surface area contributed by atoms with Gasteiger partial charge in [-0.15, -0.1) is 11.3 Å². The summed E-state index contributed by atoms with van der Waals surface area (Å²) in [6.45, 7) is 0. The van der Waals surface area contributed by atoms with Crippen LogP contribution in [0.3, 0.4) is 0 Å². The Morgan fingerprint density at radius 2 is 1.87 bits per heavy atom. The lowest BCUT2D eigenvalue weighted by Crippen LogP contribution is -2.32. The molecule has 1 atom stereocenters. The number of nitrogens with two attached hydrogens (primary N) is 1. The van der Waals surface area contributed by atoms with Crippen molar-refractivity contribution in [2.75, 3.05) is 0 Å². The first-order valence-corrected chi connectivity index (χ1v) is 10.9. The van der Waals surface area contributed by atoms with Crippen molar-refractivity contribution in [3.63, 3.8) is 0 Å². The normalized spacial score (nSPS) is 12.0. The maximum Gasteiger partial charge on any atom is 0.320 e.